The van der Waals surface area contributed by atoms with Crippen LogP contribution in [0.4, 0.5) is 18.3 Å². The maximum absolute atomic E-state index is 13.0. The van der Waals surface area contributed by atoms with Crippen molar-refractivity contribution < 1.29 is 27.1 Å². The van der Waals surface area contributed by atoms with Crippen molar-refractivity contribution in [3.63, 3.8) is 0 Å². The number of benzene rings is 1. The van der Waals surface area contributed by atoms with Crippen molar-refractivity contribution in [1.82, 2.24) is 9.88 Å². The summed E-state index contributed by atoms with van der Waals surface area (Å²) in [6.07, 6.45) is -4.46. The Hall–Kier alpha value is -2.69. The van der Waals surface area contributed by atoms with E-state index in [4.69, 9.17) is 9.15 Å². The first-order valence-electron chi connectivity index (χ1n) is 9.63. The van der Waals surface area contributed by atoms with Crippen LogP contribution in [0, 0.1) is 6.92 Å². The molecule has 1 saturated heterocycles. The van der Waals surface area contributed by atoms with Crippen molar-refractivity contribution in [2.24, 2.45) is 0 Å². The van der Waals surface area contributed by atoms with E-state index in [0.717, 1.165) is 30.9 Å². The largest absolute Gasteiger partial charge is 0.461 e. The molecule has 2 aromatic heterocycles. The second kappa shape index (κ2) is 8.81. The second-order valence-electron chi connectivity index (χ2n) is 7.15. The third-order valence-electron chi connectivity index (χ3n) is 4.90. The number of nitrogens with one attached hydrogen (secondary N) is 1. The summed E-state index contributed by atoms with van der Waals surface area (Å²) in [6, 6.07) is 6.25. The predicted octanol–water partition coefficient (Wildman–Crippen LogP) is 4.81. The molecule has 0 spiro atoms. The van der Waals surface area contributed by atoms with Crippen LogP contribution >= 0.6 is 11.3 Å². The number of carbonyl (C=O) groups excluding carboxylic acids is 1. The van der Waals surface area contributed by atoms with E-state index in [1.54, 1.807) is 6.92 Å². The molecule has 0 aliphatic carbocycles. The molecule has 6 nitrogen and oxygen atoms in total. The quantitative estimate of drug-likeness (QED) is 0.603. The van der Waals surface area contributed by atoms with E-state index in [1.165, 1.54) is 29.5 Å². The second-order valence-corrected chi connectivity index (χ2v) is 8.00. The van der Waals surface area contributed by atoms with Crippen molar-refractivity contribution >= 4 is 22.4 Å². The number of thiazole rings is 1. The monoisotopic (exact) mass is 451 g/mol. The zero-order valence-electron chi connectivity index (χ0n) is 16.7. The van der Waals surface area contributed by atoms with E-state index in [2.05, 4.69) is 15.2 Å². The van der Waals surface area contributed by atoms with Gasteiger partial charge in [-0.15, -0.1) is 11.3 Å². The fourth-order valence-corrected chi connectivity index (χ4v) is 3.98. The SMILES string of the molecule is Cc1oc(-c2cccc(C(F)(F)F)c2)cc1C(=O)Nc1nc(CN2CCOCC2)cs1. The third kappa shape index (κ3) is 5.15. The van der Waals surface area contributed by atoms with Gasteiger partial charge in [0, 0.05) is 30.6 Å². The Balaban J connectivity index is 1.46. The average Bonchev–Trinajstić information content (AvgIpc) is 3.34. The number of hydrogen-bond acceptors (Lipinski definition) is 6. The Morgan fingerprint density at radius 1 is 1.26 bits per heavy atom. The molecular formula is C21H20F3N3O3S. The number of anilines is 1. The molecule has 1 aromatic carbocycles. The van der Waals surface area contributed by atoms with Gasteiger partial charge < -0.3 is 9.15 Å². The Labute approximate surface area is 180 Å². The summed E-state index contributed by atoms with van der Waals surface area (Å²) in [6.45, 7) is 5.35. The molecule has 10 heteroatoms. The number of halogens is 3. The molecular weight excluding hydrogens is 431 g/mol. The molecule has 0 radical (unpaired) electrons. The standard InChI is InChI=1S/C21H20F3N3O3S/c1-13-17(10-18(30-13)14-3-2-4-15(9-14)21(22,23)24)19(28)26-20-25-16(12-31-20)11-27-5-7-29-8-6-27/h2-4,9-10,12H,5-8,11H2,1H3,(H,25,26,28). The van der Waals surface area contributed by atoms with Crippen LogP contribution in [0.5, 0.6) is 0 Å². The van der Waals surface area contributed by atoms with E-state index < -0.39 is 17.6 Å². The molecule has 0 saturated carbocycles. The Kier molecular flexibility index (Phi) is 6.12. The van der Waals surface area contributed by atoms with Crippen LogP contribution < -0.4 is 5.32 Å². The zero-order chi connectivity index (χ0) is 22.0. The minimum atomic E-state index is -4.46. The summed E-state index contributed by atoms with van der Waals surface area (Å²) in [5.74, 6) is 0.0858. The van der Waals surface area contributed by atoms with E-state index in [-0.39, 0.29) is 16.9 Å². The number of nitrogens with zero attached hydrogens (tertiary/aromatic N) is 2. The summed E-state index contributed by atoms with van der Waals surface area (Å²) in [5, 5.41) is 5.09. The highest BCUT2D eigenvalue weighted by Gasteiger charge is 2.31. The first-order valence-corrected chi connectivity index (χ1v) is 10.5. The summed E-state index contributed by atoms with van der Waals surface area (Å²) in [7, 11) is 0. The van der Waals surface area contributed by atoms with Crippen molar-refractivity contribution in [3.05, 3.63) is 58.3 Å². The molecule has 31 heavy (non-hydrogen) atoms. The number of alkyl halides is 3. The molecule has 1 amide bonds. The first-order chi connectivity index (χ1) is 14.8. The van der Waals surface area contributed by atoms with Gasteiger partial charge in [0.25, 0.3) is 5.91 Å². The minimum Gasteiger partial charge on any atom is -0.461 e. The lowest BCUT2D eigenvalue weighted by Crippen LogP contribution is -2.35. The predicted molar refractivity (Wildman–Crippen MR) is 110 cm³/mol. The van der Waals surface area contributed by atoms with Crippen molar-refractivity contribution in [1.29, 1.82) is 0 Å². The number of morpholine rings is 1. The number of hydrogen-bond donors (Lipinski definition) is 1. The van der Waals surface area contributed by atoms with Crippen molar-refractivity contribution in [2.75, 3.05) is 31.6 Å². The Morgan fingerprint density at radius 3 is 2.77 bits per heavy atom. The summed E-state index contributed by atoms with van der Waals surface area (Å²) < 4.78 is 49.8. The topological polar surface area (TPSA) is 67.6 Å². The molecule has 0 unspecified atom stereocenters. The molecule has 3 heterocycles. The lowest BCUT2D eigenvalue weighted by Gasteiger charge is -2.25. The maximum atomic E-state index is 13.0. The molecule has 0 bridgehead atoms. The van der Waals surface area contributed by atoms with Crippen molar-refractivity contribution in [2.45, 2.75) is 19.6 Å². The van der Waals surface area contributed by atoms with Crippen molar-refractivity contribution in [3.8, 4) is 11.3 Å². The number of furan rings is 1. The molecule has 1 fully saturated rings. The van der Waals surface area contributed by atoms with Gasteiger partial charge in [-0.25, -0.2) is 4.98 Å². The summed E-state index contributed by atoms with van der Waals surface area (Å²) in [5.41, 5.74) is 0.577. The van der Waals surface area contributed by atoms with Gasteiger partial charge in [0.15, 0.2) is 5.13 Å². The van der Waals surface area contributed by atoms with Crippen LogP contribution in [0.25, 0.3) is 11.3 Å². The van der Waals surface area contributed by atoms with Gasteiger partial charge in [0.2, 0.25) is 0 Å². The Bertz CT molecular complexity index is 1070. The van der Waals surface area contributed by atoms with Gasteiger partial charge >= 0.3 is 6.18 Å². The molecule has 4 rings (SSSR count). The van der Waals surface area contributed by atoms with Crippen LogP contribution in [0.2, 0.25) is 0 Å². The maximum Gasteiger partial charge on any atom is 0.416 e. The number of ether oxygens (including phenoxy) is 1. The normalized spacial score (nSPS) is 15.2. The minimum absolute atomic E-state index is 0.195. The fraction of sp³-hybridized carbons (Fsp3) is 0.333. The lowest BCUT2D eigenvalue weighted by atomic mass is 10.1. The van der Waals surface area contributed by atoms with Crippen LogP contribution in [0.15, 0.2) is 40.1 Å². The fourth-order valence-electron chi connectivity index (χ4n) is 3.29. The number of rotatable bonds is 5. The van der Waals surface area contributed by atoms with Crippen LogP contribution in [0.3, 0.4) is 0 Å². The van der Waals surface area contributed by atoms with Gasteiger partial charge in [0.1, 0.15) is 11.5 Å². The van der Waals surface area contributed by atoms with Gasteiger partial charge in [-0.05, 0) is 25.1 Å². The highest BCUT2D eigenvalue weighted by atomic mass is 32.1. The van der Waals surface area contributed by atoms with Gasteiger partial charge in [-0.1, -0.05) is 12.1 Å². The van der Waals surface area contributed by atoms with Crippen LogP contribution in [-0.4, -0.2) is 42.1 Å². The zero-order valence-corrected chi connectivity index (χ0v) is 17.5. The lowest BCUT2D eigenvalue weighted by molar-refractivity contribution is -0.137. The molecule has 0 atom stereocenters. The number of aryl methyl sites for hydroxylation is 1. The van der Waals surface area contributed by atoms with E-state index in [1.807, 2.05) is 5.38 Å². The molecule has 1 aliphatic rings. The van der Waals surface area contributed by atoms with Gasteiger partial charge in [0.05, 0.1) is 30.0 Å². The average molecular weight is 451 g/mol. The van der Waals surface area contributed by atoms with Gasteiger partial charge in [-0.3, -0.25) is 15.0 Å². The van der Waals surface area contributed by atoms with Gasteiger partial charge in [-0.2, -0.15) is 13.2 Å². The van der Waals surface area contributed by atoms with E-state index in [9.17, 15) is 18.0 Å². The number of aromatic nitrogens is 1. The molecule has 164 valence electrons. The van der Waals surface area contributed by atoms with Crippen LogP contribution in [0.1, 0.15) is 27.4 Å². The third-order valence-corrected chi connectivity index (χ3v) is 5.70. The van der Waals surface area contributed by atoms with Crippen LogP contribution in [-0.2, 0) is 17.5 Å². The number of amides is 1. The summed E-state index contributed by atoms with van der Waals surface area (Å²) in [4.78, 5) is 19.4. The smallest absolute Gasteiger partial charge is 0.416 e. The number of carbonyl (C=O) groups is 1. The highest BCUT2D eigenvalue weighted by molar-refractivity contribution is 7.14. The van der Waals surface area contributed by atoms with E-state index >= 15 is 0 Å². The molecule has 1 N–H and O–H groups in total. The van der Waals surface area contributed by atoms with E-state index in [0.29, 0.717) is 30.7 Å². The first kappa shape index (κ1) is 21.5. The summed E-state index contributed by atoms with van der Waals surface area (Å²) >= 11 is 1.32. The molecule has 3 aromatic rings. The molecule has 1 aliphatic heterocycles. The Morgan fingerprint density at radius 2 is 2.03 bits per heavy atom. The highest BCUT2D eigenvalue weighted by Crippen LogP contribution is 2.33.